The van der Waals surface area contributed by atoms with Crippen LogP contribution in [0.25, 0.3) is 11.1 Å². The van der Waals surface area contributed by atoms with E-state index in [0.717, 1.165) is 18.7 Å². The third-order valence-corrected chi connectivity index (χ3v) is 6.89. The first kappa shape index (κ1) is 24.4. The number of halogens is 3. The molecule has 36 heavy (non-hydrogen) atoms. The fourth-order valence-electron chi connectivity index (χ4n) is 5.04. The van der Waals surface area contributed by atoms with Crippen molar-refractivity contribution in [1.29, 1.82) is 0 Å². The summed E-state index contributed by atoms with van der Waals surface area (Å²) in [7, 11) is 0. The molecule has 2 atom stereocenters. The molecule has 3 heterocycles. The van der Waals surface area contributed by atoms with Gasteiger partial charge in [-0.3, -0.25) is 14.6 Å². The second kappa shape index (κ2) is 9.29. The van der Waals surface area contributed by atoms with E-state index in [-0.39, 0.29) is 23.3 Å². The monoisotopic (exact) mass is 512 g/mol. The van der Waals surface area contributed by atoms with E-state index in [4.69, 9.17) is 17.3 Å². The van der Waals surface area contributed by atoms with Crippen molar-refractivity contribution in [2.24, 2.45) is 16.1 Å². The minimum Gasteiger partial charge on any atom is -0.369 e. The third-order valence-electron chi connectivity index (χ3n) is 6.64. The van der Waals surface area contributed by atoms with Crippen molar-refractivity contribution in [2.45, 2.75) is 32.5 Å². The lowest BCUT2D eigenvalue weighted by Crippen LogP contribution is -2.56. The zero-order chi connectivity index (χ0) is 25.6. The Kier molecular flexibility index (Phi) is 6.30. The lowest BCUT2D eigenvalue weighted by molar-refractivity contribution is -0.130. The predicted molar refractivity (Wildman–Crippen MR) is 135 cm³/mol. The fourth-order valence-corrected chi connectivity index (χ4v) is 5.16. The molecule has 2 N–H and O–H groups in total. The molecule has 7 nitrogen and oxygen atoms in total. The molecular formula is C26H27ClF2N6O. The first-order valence-electron chi connectivity index (χ1n) is 11.7. The quantitative estimate of drug-likeness (QED) is 0.489. The number of carbonyl (C=O) groups excluding carboxylic acids is 1. The Hall–Kier alpha value is -3.30. The van der Waals surface area contributed by atoms with E-state index in [0.29, 0.717) is 32.9 Å². The highest BCUT2D eigenvalue weighted by atomic mass is 35.5. The number of carbonyl (C=O) groups is 1. The van der Waals surface area contributed by atoms with Gasteiger partial charge in [-0.05, 0) is 34.2 Å². The maximum Gasteiger partial charge on any atom is 0.333 e. The summed E-state index contributed by atoms with van der Waals surface area (Å²) in [5.41, 5.74) is 9.46. The first-order valence-corrected chi connectivity index (χ1v) is 12.1. The topological polar surface area (TPSA) is 79.8 Å². The van der Waals surface area contributed by atoms with Gasteiger partial charge in [0, 0.05) is 36.4 Å². The number of hydrogen-bond acceptors (Lipinski definition) is 5. The summed E-state index contributed by atoms with van der Waals surface area (Å²) in [6, 6.07) is 13.4. The molecular weight excluding hydrogens is 486 g/mol. The molecule has 1 amide bonds. The average Bonchev–Trinajstić information content (AvgIpc) is 3.42. The summed E-state index contributed by atoms with van der Waals surface area (Å²) in [6.07, 6.45) is 2.67. The molecule has 2 aliphatic heterocycles. The molecule has 0 aliphatic carbocycles. The Bertz CT molecular complexity index is 1280. The lowest BCUT2D eigenvalue weighted by atomic mass is 9.84. The molecule has 0 bridgehead atoms. The van der Waals surface area contributed by atoms with Crippen molar-refractivity contribution in [1.82, 2.24) is 19.6 Å². The molecule has 0 spiro atoms. The van der Waals surface area contributed by atoms with Gasteiger partial charge >= 0.3 is 6.55 Å². The molecule has 2 unspecified atom stereocenters. The Balaban J connectivity index is 1.38. The van der Waals surface area contributed by atoms with Crippen LogP contribution < -0.4 is 5.73 Å². The Labute approximate surface area is 213 Å². The molecule has 0 saturated carbocycles. The largest absolute Gasteiger partial charge is 0.369 e. The summed E-state index contributed by atoms with van der Waals surface area (Å²) in [5, 5.41) is 4.30. The van der Waals surface area contributed by atoms with Crippen molar-refractivity contribution in [3.05, 3.63) is 77.1 Å². The normalized spacial score (nSPS) is 20.5. The number of aliphatic imine (C=N–C) groups is 1. The zero-order valence-corrected chi connectivity index (χ0v) is 20.7. The number of guanidine groups is 1. The first-order chi connectivity index (χ1) is 17.1. The van der Waals surface area contributed by atoms with E-state index in [2.05, 4.69) is 28.8 Å². The number of nitrogens with zero attached hydrogens (tertiary/aromatic N) is 5. The molecule has 3 aromatic rings. The third kappa shape index (κ3) is 4.73. The molecule has 1 saturated heterocycles. The fraction of sp³-hybridized carbons (Fsp3) is 0.346. The Morgan fingerprint density at radius 1 is 1.08 bits per heavy atom. The highest BCUT2D eigenvalue weighted by Crippen LogP contribution is 2.36. The highest BCUT2D eigenvalue weighted by molar-refractivity contribution is 6.30. The number of rotatable bonds is 7. The van der Waals surface area contributed by atoms with Gasteiger partial charge in [0.25, 0.3) is 5.91 Å². The van der Waals surface area contributed by atoms with Crippen LogP contribution in [0.1, 0.15) is 43.6 Å². The van der Waals surface area contributed by atoms with Gasteiger partial charge in [-0.25, -0.2) is 9.67 Å². The molecule has 188 valence electrons. The van der Waals surface area contributed by atoms with Gasteiger partial charge in [-0.15, -0.1) is 0 Å². The minimum atomic E-state index is -2.70. The van der Waals surface area contributed by atoms with Crippen LogP contribution in [0.3, 0.4) is 0 Å². The van der Waals surface area contributed by atoms with Crippen molar-refractivity contribution in [3.63, 3.8) is 0 Å². The van der Waals surface area contributed by atoms with Crippen LogP contribution in [-0.2, 0) is 4.79 Å². The molecule has 1 fully saturated rings. The number of nitrogens with two attached hydrogens (primary N) is 1. The zero-order valence-electron chi connectivity index (χ0n) is 20.0. The molecule has 5 rings (SSSR count). The summed E-state index contributed by atoms with van der Waals surface area (Å²) < 4.78 is 26.3. The summed E-state index contributed by atoms with van der Waals surface area (Å²) in [6.45, 7) is 4.23. The van der Waals surface area contributed by atoms with E-state index in [1.54, 1.807) is 29.2 Å². The Morgan fingerprint density at radius 3 is 2.33 bits per heavy atom. The number of likely N-dealkylation sites (tertiary alicyclic amines) is 1. The van der Waals surface area contributed by atoms with Gasteiger partial charge < -0.3 is 5.73 Å². The standard InChI is InChI=1S/C26H27ClF2N6O/c1-26(2)14-33(15-26)13-21(17-7-9-20(27)10-8-17)35-23(36)22(32-25(35)30)18-5-3-16(4-6-18)19-11-31-34(12-19)24(28)29/h3-12,21-22,24H,13-15H2,1-2H3,(H2,30,32). The van der Waals surface area contributed by atoms with Gasteiger partial charge in [0.15, 0.2) is 12.0 Å². The van der Waals surface area contributed by atoms with Gasteiger partial charge in [-0.2, -0.15) is 13.9 Å². The number of aromatic nitrogens is 2. The van der Waals surface area contributed by atoms with Crippen molar-refractivity contribution < 1.29 is 13.6 Å². The SMILES string of the molecule is CC1(C)CN(CC(c2ccc(Cl)cc2)N2C(=O)C(c3ccc(-c4cnn(C(F)F)c4)cc3)N=C2N)C1. The Morgan fingerprint density at radius 2 is 1.75 bits per heavy atom. The average molecular weight is 513 g/mol. The van der Waals surface area contributed by atoms with Crippen LogP contribution in [0, 0.1) is 5.41 Å². The molecule has 2 aromatic carbocycles. The molecule has 2 aliphatic rings. The molecule has 0 radical (unpaired) electrons. The van der Waals surface area contributed by atoms with Crippen LogP contribution in [0.5, 0.6) is 0 Å². The van der Waals surface area contributed by atoms with Gasteiger partial charge in [-0.1, -0.05) is 61.8 Å². The summed E-state index contributed by atoms with van der Waals surface area (Å²) in [5.74, 6) is -0.0301. The van der Waals surface area contributed by atoms with E-state index < -0.39 is 12.6 Å². The summed E-state index contributed by atoms with van der Waals surface area (Å²) in [4.78, 5) is 22.0. The maximum atomic E-state index is 13.6. The van der Waals surface area contributed by atoms with E-state index in [9.17, 15) is 13.6 Å². The molecule has 10 heteroatoms. The van der Waals surface area contributed by atoms with Crippen LogP contribution in [0.2, 0.25) is 5.02 Å². The molecule has 1 aromatic heterocycles. The highest BCUT2D eigenvalue weighted by Gasteiger charge is 2.42. The van der Waals surface area contributed by atoms with Crippen molar-refractivity contribution in [3.8, 4) is 11.1 Å². The minimum absolute atomic E-state index is 0.173. The summed E-state index contributed by atoms with van der Waals surface area (Å²) >= 11 is 6.11. The van der Waals surface area contributed by atoms with E-state index in [1.165, 1.54) is 12.4 Å². The lowest BCUT2D eigenvalue weighted by Gasteiger charge is -2.48. The number of hydrogen-bond donors (Lipinski definition) is 1. The smallest absolute Gasteiger partial charge is 0.333 e. The number of alkyl halides is 2. The van der Waals surface area contributed by atoms with Crippen LogP contribution in [-0.4, -0.2) is 51.1 Å². The van der Waals surface area contributed by atoms with Crippen molar-refractivity contribution >= 4 is 23.5 Å². The maximum absolute atomic E-state index is 13.6. The van der Waals surface area contributed by atoms with Crippen LogP contribution >= 0.6 is 11.6 Å². The second-order valence-corrected chi connectivity index (χ2v) is 10.5. The predicted octanol–water partition coefficient (Wildman–Crippen LogP) is 4.88. The van der Waals surface area contributed by atoms with Gasteiger partial charge in [0.05, 0.1) is 12.2 Å². The van der Waals surface area contributed by atoms with Crippen LogP contribution in [0.15, 0.2) is 65.9 Å². The van der Waals surface area contributed by atoms with Crippen molar-refractivity contribution in [2.75, 3.05) is 19.6 Å². The van der Waals surface area contributed by atoms with Gasteiger partial charge in [0.2, 0.25) is 0 Å². The number of benzene rings is 2. The number of amides is 1. The van der Waals surface area contributed by atoms with E-state index >= 15 is 0 Å². The van der Waals surface area contributed by atoms with E-state index in [1.807, 2.05) is 24.3 Å². The van der Waals surface area contributed by atoms with Gasteiger partial charge in [0.1, 0.15) is 0 Å². The second-order valence-electron chi connectivity index (χ2n) is 10.1. The van der Waals surface area contributed by atoms with Crippen LogP contribution in [0.4, 0.5) is 8.78 Å².